The predicted molar refractivity (Wildman–Crippen MR) is 70.2 cm³/mol. The van der Waals surface area contributed by atoms with Gasteiger partial charge in [-0.15, -0.1) is 0 Å². The zero-order valence-corrected chi connectivity index (χ0v) is 10.7. The first-order valence-corrected chi connectivity index (χ1v) is 6.94. The number of pyridine rings is 1. The van der Waals surface area contributed by atoms with Crippen molar-refractivity contribution in [1.29, 1.82) is 0 Å². The molecule has 18 heavy (non-hydrogen) atoms. The minimum absolute atomic E-state index is 0.380. The van der Waals surface area contributed by atoms with Crippen LogP contribution in [0.4, 0.5) is 10.2 Å². The van der Waals surface area contributed by atoms with Gasteiger partial charge in [0.25, 0.3) is 0 Å². The van der Waals surface area contributed by atoms with Crippen LogP contribution in [0.3, 0.4) is 0 Å². The molecule has 0 radical (unpaired) electrons. The molecule has 2 fully saturated rings. The molecule has 0 bridgehead atoms. The minimum atomic E-state index is -0.380. The fourth-order valence-corrected chi connectivity index (χ4v) is 3.14. The highest BCUT2D eigenvalue weighted by atomic mass is 19.1. The lowest BCUT2D eigenvalue weighted by Gasteiger charge is -2.37. The lowest BCUT2D eigenvalue weighted by molar-refractivity contribution is 0.207. The zero-order valence-electron chi connectivity index (χ0n) is 10.7. The monoisotopic (exact) mass is 249 g/mol. The van der Waals surface area contributed by atoms with Crippen molar-refractivity contribution < 1.29 is 4.39 Å². The summed E-state index contributed by atoms with van der Waals surface area (Å²) in [5, 5.41) is 0. The number of rotatable bonds is 2. The molecular formula is C14H20FN3. The van der Waals surface area contributed by atoms with Crippen LogP contribution in [0, 0.1) is 5.95 Å². The Bertz CT molecular complexity index is 396. The molecule has 0 saturated carbocycles. The summed E-state index contributed by atoms with van der Waals surface area (Å²) in [6, 6.07) is 5.78. The van der Waals surface area contributed by atoms with Gasteiger partial charge in [0.05, 0.1) is 0 Å². The van der Waals surface area contributed by atoms with Crippen LogP contribution in [0.2, 0.25) is 0 Å². The molecule has 0 spiro atoms. The number of nitrogens with zero attached hydrogens (tertiary/aromatic N) is 3. The Balaban J connectivity index is 1.59. The molecule has 3 heterocycles. The molecule has 0 N–H and O–H groups in total. The van der Waals surface area contributed by atoms with E-state index in [2.05, 4.69) is 14.8 Å². The molecule has 3 rings (SSSR count). The normalized spacial score (nSPS) is 22.6. The van der Waals surface area contributed by atoms with Gasteiger partial charge >= 0.3 is 0 Å². The average molecular weight is 249 g/mol. The molecule has 2 aliphatic heterocycles. The third-order valence-electron chi connectivity index (χ3n) is 4.15. The average Bonchev–Trinajstić information content (AvgIpc) is 2.93. The van der Waals surface area contributed by atoms with Crippen molar-refractivity contribution in [3.05, 3.63) is 24.1 Å². The maximum atomic E-state index is 13.1. The molecule has 1 aromatic heterocycles. The number of likely N-dealkylation sites (tertiary alicyclic amines) is 1. The zero-order chi connectivity index (χ0) is 12.4. The predicted octanol–water partition coefficient (Wildman–Crippen LogP) is 2.29. The molecule has 98 valence electrons. The maximum absolute atomic E-state index is 13.1. The Morgan fingerprint density at radius 1 is 1.06 bits per heavy atom. The molecule has 0 amide bonds. The highest BCUT2D eigenvalue weighted by molar-refractivity contribution is 5.38. The summed E-state index contributed by atoms with van der Waals surface area (Å²) in [4.78, 5) is 8.79. The van der Waals surface area contributed by atoms with Gasteiger partial charge < -0.3 is 9.80 Å². The van der Waals surface area contributed by atoms with E-state index in [9.17, 15) is 4.39 Å². The topological polar surface area (TPSA) is 19.4 Å². The molecule has 0 unspecified atom stereocenters. The fourth-order valence-electron chi connectivity index (χ4n) is 3.14. The second-order valence-corrected chi connectivity index (χ2v) is 5.28. The number of hydrogen-bond acceptors (Lipinski definition) is 3. The first-order valence-electron chi connectivity index (χ1n) is 6.94. The van der Waals surface area contributed by atoms with Crippen LogP contribution < -0.4 is 4.90 Å². The van der Waals surface area contributed by atoms with Gasteiger partial charge in [0.15, 0.2) is 0 Å². The molecule has 0 atom stereocenters. The first-order chi connectivity index (χ1) is 8.83. The second kappa shape index (κ2) is 5.22. The summed E-state index contributed by atoms with van der Waals surface area (Å²) >= 11 is 0. The maximum Gasteiger partial charge on any atom is 0.214 e. The summed E-state index contributed by atoms with van der Waals surface area (Å²) in [6.07, 6.45) is 5.06. The van der Waals surface area contributed by atoms with Gasteiger partial charge in [0, 0.05) is 19.1 Å². The quantitative estimate of drug-likeness (QED) is 0.750. The van der Waals surface area contributed by atoms with Crippen LogP contribution in [-0.2, 0) is 0 Å². The third kappa shape index (κ3) is 2.48. The van der Waals surface area contributed by atoms with Crippen LogP contribution in [0.5, 0.6) is 0 Å². The summed E-state index contributed by atoms with van der Waals surface area (Å²) in [5.74, 6) is 0.407. The molecule has 4 heteroatoms. The molecule has 2 saturated heterocycles. The van der Waals surface area contributed by atoms with E-state index in [1.807, 2.05) is 6.07 Å². The Hall–Kier alpha value is -1.16. The summed E-state index contributed by atoms with van der Waals surface area (Å²) in [7, 11) is 0. The lowest BCUT2D eigenvalue weighted by atomic mass is 10.0. The SMILES string of the molecule is Fc1cccc(N2CCC(N3CCCC3)CC2)n1. The summed E-state index contributed by atoms with van der Waals surface area (Å²) < 4.78 is 13.1. The van der Waals surface area contributed by atoms with Crippen molar-refractivity contribution in [3.63, 3.8) is 0 Å². The molecule has 3 nitrogen and oxygen atoms in total. The Labute approximate surface area is 108 Å². The van der Waals surface area contributed by atoms with E-state index in [0.717, 1.165) is 24.9 Å². The number of hydrogen-bond donors (Lipinski definition) is 0. The third-order valence-corrected chi connectivity index (χ3v) is 4.15. The van der Waals surface area contributed by atoms with Crippen molar-refractivity contribution >= 4 is 5.82 Å². The van der Waals surface area contributed by atoms with Crippen LogP contribution in [0.25, 0.3) is 0 Å². The second-order valence-electron chi connectivity index (χ2n) is 5.28. The van der Waals surface area contributed by atoms with E-state index in [1.165, 1.54) is 44.8 Å². The minimum Gasteiger partial charge on any atom is -0.356 e. The van der Waals surface area contributed by atoms with E-state index in [4.69, 9.17) is 0 Å². The van der Waals surface area contributed by atoms with Crippen molar-refractivity contribution in [3.8, 4) is 0 Å². The summed E-state index contributed by atoms with van der Waals surface area (Å²) in [6.45, 7) is 4.53. The largest absolute Gasteiger partial charge is 0.356 e. The number of piperidine rings is 1. The smallest absolute Gasteiger partial charge is 0.214 e. The summed E-state index contributed by atoms with van der Waals surface area (Å²) in [5.41, 5.74) is 0. The number of anilines is 1. The van der Waals surface area contributed by atoms with Gasteiger partial charge in [-0.05, 0) is 50.9 Å². The lowest BCUT2D eigenvalue weighted by Crippen LogP contribution is -2.44. The standard InChI is InChI=1S/C14H20FN3/c15-13-4-3-5-14(16-13)18-10-6-12(7-11-18)17-8-1-2-9-17/h3-5,12H,1-2,6-11H2. The van der Waals surface area contributed by atoms with E-state index >= 15 is 0 Å². The van der Waals surface area contributed by atoms with Gasteiger partial charge in [-0.2, -0.15) is 4.39 Å². The van der Waals surface area contributed by atoms with E-state index < -0.39 is 0 Å². The highest BCUT2D eigenvalue weighted by Gasteiger charge is 2.26. The first kappa shape index (κ1) is 11.9. The molecule has 0 aromatic carbocycles. The van der Waals surface area contributed by atoms with E-state index in [1.54, 1.807) is 6.07 Å². The Morgan fingerprint density at radius 3 is 2.44 bits per heavy atom. The van der Waals surface area contributed by atoms with Crippen LogP contribution >= 0.6 is 0 Å². The van der Waals surface area contributed by atoms with Gasteiger partial charge in [0.1, 0.15) is 5.82 Å². The Kier molecular flexibility index (Phi) is 3.46. The molecule has 1 aromatic rings. The van der Waals surface area contributed by atoms with Gasteiger partial charge in [-0.25, -0.2) is 4.98 Å². The van der Waals surface area contributed by atoms with E-state index in [-0.39, 0.29) is 5.95 Å². The van der Waals surface area contributed by atoms with Crippen molar-refractivity contribution in [2.24, 2.45) is 0 Å². The molecular weight excluding hydrogens is 229 g/mol. The van der Waals surface area contributed by atoms with Crippen molar-refractivity contribution in [2.45, 2.75) is 31.7 Å². The van der Waals surface area contributed by atoms with Gasteiger partial charge in [-0.1, -0.05) is 6.07 Å². The van der Waals surface area contributed by atoms with Crippen LogP contribution in [-0.4, -0.2) is 42.1 Å². The fraction of sp³-hybridized carbons (Fsp3) is 0.643. The van der Waals surface area contributed by atoms with Crippen molar-refractivity contribution in [1.82, 2.24) is 9.88 Å². The molecule has 0 aliphatic carbocycles. The van der Waals surface area contributed by atoms with Crippen LogP contribution in [0.15, 0.2) is 18.2 Å². The van der Waals surface area contributed by atoms with Gasteiger partial charge in [0.2, 0.25) is 5.95 Å². The molecule has 2 aliphatic rings. The van der Waals surface area contributed by atoms with E-state index in [0.29, 0.717) is 0 Å². The number of aromatic nitrogens is 1. The Morgan fingerprint density at radius 2 is 1.78 bits per heavy atom. The highest BCUT2D eigenvalue weighted by Crippen LogP contribution is 2.23. The van der Waals surface area contributed by atoms with Gasteiger partial charge in [-0.3, -0.25) is 0 Å². The van der Waals surface area contributed by atoms with Crippen molar-refractivity contribution in [2.75, 3.05) is 31.1 Å². The van der Waals surface area contributed by atoms with Crippen LogP contribution in [0.1, 0.15) is 25.7 Å². The number of halogens is 1.